The molecule has 2 aliphatic rings. The van der Waals surface area contributed by atoms with Crippen LogP contribution < -0.4 is 4.90 Å². The topological polar surface area (TPSA) is 58.4 Å². The van der Waals surface area contributed by atoms with Crippen LogP contribution in [-0.4, -0.2) is 51.9 Å². The van der Waals surface area contributed by atoms with Gasteiger partial charge in [-0.3, -0.25) is 14.5 Å². The van der Waals surface area contributed by atoms with Crippen LogP contribution in [0, 0.1) is 18.7 Å². The molecule has 0 radical (unpaired) electrons. The highest BCUT2D eigenvalue weighted by molar-refractivity contribution is 8.00. The maximum atomic E-state index is 14.5. The van der Waals surface area contributed by atoms with Crippen LogP contribution in [0.4, 0.5) is 10.2 Å². The highest BCUT2D eigenvalue weighted by atomic mass is 32.2. The first-order chi connectivity index (χ1) is 19.9. The van der Waals surface area contributed by atoms with Crippen molar-refractivity contribution in [3.63, 3.8) is 0 Å². The molecule has 0 saturated carbocycles. The van der Waals surface area contributed by atoms with Crippen LogP contribution in [-0.2, 0) is 9.59 Å². The monoisotopic (exact) mass is 568 g/mol. The van der Waals surface area contributed by atoms with E-state index >= 15 is 0 Å². The van der Waals surface area contributed by atoms with E-state index in [2.05, 4.69) is 6.92 Å². The summed E-state index contributed by atoms with van der Waals surface area (Å²) < 4.78 is 16.3. The molecule has 1 unspecified atom stereocenters. The molecule has 0 aliphatic carbocycles. The van der Waals surface area contributed by atoms with E-state index in [0.29, 0.717) is 30.5 Å². The predicted molar refractivity (Wildman–Crippen MR) is 162 cm³/mol. The van der Waals surface area contributed by atoms with Gasteiger partial charge in [0.15, 0.2) is 0 Å². The number of thioether (sulfide) groups is 1. The summed E-state index contributed by atoms with van der Waals surface area (Å²) in [7, 11) is 0. The minimum absolute atomic E-state index is 0.0661. The van der Waals surface area contributed by atoms with E-state index in [4.69, 9.17) is 5.10 Å². The molecule has 3 heterocycles. The van der Waals surface area contributed by atoms with Gasteiger partial charge in [-0.15, -0.1) is 11.8 Å². The molecule has 6 nitrogen and oxygen atoms in total. The number of fused-ring (bicyclic) bond motifs is 1. The number of aromatic nitrogens is 2. The maximum absolute atomic E-state index is 14.5. The lowest BCUT2D eigenvalue weighted by Gasteiger charge is -2.32. The summed E-state index contributed by atoms with van der Waals surface area (Å²) in [6.07, 6.45) is 1.92. The normalized spacial score (nSPS) is 17.8. The van der Waals surface area contributed by atoms with Gasteiger partial charge in [-0.2, -0.15) is 5.10 Å². The summed E-state index contributed by atoms with van der Waals surface area (Å²) in [6.45, 7) is 5.55. The van der Waals surface area contributed by atoms with Crippen LogP contribution in [0.5, 0.6) is 0 Å². The second-order valence-corrected chi connectivity index (χ2v) is 12.1. The molecule has 2 amide bonds. The van der Waals surface area contributed by atoms with E-state index in [1.165, 1.54) is 23.9 Å². The molecule has 4 aromatic rings. The minimum Gasteiger partial charge on any atom is -0.341 e. The number of nitrogens with zero attached hydrogens (tertiary/aromatic N) is 4. The highest BCUT2D eigenvalue weighted by Crippen LogP contribution is 2.48. The van der Waals surface area contributed by atoms with Crippen LogP contribution in [0.15, 0.2) is 78.9 Å². The Bertz CT molecular complexity index is 1580. The van der Waals surface area contributed by atoms with Crippen LogP contribution in [0.1, 0.15) is 41.7 Å². The van der Waals surface area contributed by atoms with E-state index in [1.807, 2.05) is 72.5 Å². The summed E-state index contributed by atoms with van der Waals surface area (Å²) in [6, 6.07) is 24.4. The number of carbonyl (C=O) groups is 2. The van der Waals surface area contributed by atoms with E-state index in [-0.39, 0.29) is 35.2 Å². The van der Waals surface area contributed by atoms with Crippen LogP contribution in [0.3, 0.4) is 0 Å². The molecule has 0 bridgehead atoms. The minimum atomic E-state index is -0.366. The third-order valence-electron chi connectivity index (χ3n) is 7.96. The molecule has 41 heavy (non-hydrogen) atoms. The van der Waals surface area contributed by atoms with Crippen molar-refractivity contribution in [3.8, 4) is 16.9 Å². The smallest absolute Gasteiger partial charge is 0.242 e. The third-order valence-corrected chi connectivity index (χ3v) is 9.22. The highest BCUT2D eigenvalue weighted by Gasteiger charge is 2.38. The van der Waals surface area contributed by atoms with Crippen LogP contribution >= 0.6 is 11.8 Å². The summed E-state index contributed by atoms with van der Waals surface area (Å²) >= 11 is 1.45. The summed E-state index contributed by atoms with van der Waals surface area (Å²) in [5.41, 5.74) is 5.01. The lowest BCUT2D eigenvalue weighted by atomic mass is 9.99. The molecular formula is C33H33FN4O2S. The van der Waals surface area contributed by atoms with Crippen molar-refractivity contribution in [3.05, 3.63) is 101 Å². The molecule has 2 aliphatic heterocycles. The van der Waals surface area contributed by atoms with E-state index < -0.39 is 0 Å². The van der Waals surface area contributed by atoms with Crippen LogP contribution in [0.2, 0.25) is 0 Å². The van der Waals surface area contributed by atoms with Gasteiger partial charge in [0.05, 0.1) is 22.4 Å². The zero-order valence-corrected chi connectivity index (χ0v) is 24.1. The number of carbonyl (C=O) groups excluding carboxylic acids is 2. The fourth-order valence-corrected chi connectivity index (χ4v) is 6.88. The zero-order valence-electron chi connectivity index (χ0n) is 23.3. The van der Waals surface area contributed by atoms with Crippen molar-refractivity contribution in [2.24, 2.45) is 5.92 Å². The predicted octanol–water partition coefficient (Wildman–Crippen LogP) is 6.41. The average Bonchev–Trinajstić information content (AvgIpc) is 3.30. The summed E-state index contributed by atoms with van der Waals surface area (Å²) in [5, 5.41) is 4.75. The van der Waals surface area contributed by atoms with E-state index in [1.54, 1.807) is 15.6 Å². The Kier molecular flexibility index (Phi) is 7.67. The molecule has 1 fully saturated rings. The van der Waals surface area contributed by atoms with Gasteiger partial charge in [0.25, 0.3) is 0 Å². The van der Waals surface area contributed by atoms with E-state index in [0.717, 1.165) is 40.8 Å². The lowest BCUT2D eigenvalue weighted by molar-refractivity contribution is -0.132. The fourth-order valence-electron chi connectivity index (χ4n) is 5.69. The van der Waals surface area contributed by atoms with Gasteiger partial charge < -0.3 is 4.90 Å². The van der Waals surface area contributed by atoms with E-state index in [9.17, 15) is 14.0 Å². The Morgan fingerprint density at radius 1 is 1.00 bits per heavy atom. The van der Waals surface area contributed by atoms with Gasteiger partial charge in [0, 0.05) is 24.2 Å². The quantitative estimate of drug-likeness (QED) is 0.279. The van der Waals surface area contributed by atoms with Gasteiger partial charge in [0.1, 0.15) is 18.2 Å². The maximum Gasteiger partial charge on any atom is 0.242 e. The Morgan fingerprint density at radius 2 is 1.76 bits per heavy atom. The number of halogens is 1. The number of hydrogen-bond donors (Lipinski definition) is 0. The second kappa shape index (κ2) is 11.5. The van der Waals surface area contributed by atoms with Crippen molar-refractivity contribution in [2.45, 2.75) is 31.9 Å². The van der Waals surface area contributed by atoms with Crippen molar-refractivity contribution in [1.29, 1.82) is 0 Å². The van der Waals surface area contributed by atoms with Crippen LogP contribution in [0.25, 0.3) is 16.9 Å². The number of rotatable bonds is 5. The summed E-state index contributed by atoms with van der Waals surface area (Å²) in [4.78, 5) is 31.1. The van der Waals surface area contributed by atoms with Gasteiger partial charge in [-0.05, 0) is 61.1 Å². The molecule has 8 heteroatoms. The van der Waals surface area contributed by atoms with Gasteiger partial charge in [-0.1, -0.05) is 61.5 Å². The molecule has 3 aromatic carbocycles. The standard InChI is InChI=1S/C33H33FN4O2S/c1-22-14-16-36(17-15-22)28(39)20-37-29(40)21-41-32(25-11-7-12-26(34)19-25)30-31(24-9-4-3-5-10-24)35-38(33(30)37)27-13-6-8-23(2)18-27/h3-13,18-19,22,32H,14-17,20-21H2,1-2H3. The Morgan fingerprint density at radius 3 is 2.49 bits per heavy atom. The third kappa shape index (κ3) is 5.53. The first-order valence-electron chi connectivity index (χ1n) is 14.1. The molecule has 210 valence electrons. The average molecular weight is 569 g/mol. The van der Waals surface area contributed by atoms with Crippen molar-refractivity contribution in [2.75, 3.05) is 30.3 Å². The Balaban J connectivity index is 1.57. The Hall–Kier alpha value is -3.91. The fraction of sp³-hybridized carbons (Fsp3) is 0.303. The number of likely N-dealkylation sites (tertiary alicyclic amines) is 1. The number of amides is 2. The zero-order chi connectivity index (χ0) is 28.5. The van der Waals surface area contributed by atoms with Crippen molar-refractivity contribution < 1.29 is 14.0 Å². The molecule has 0 N–H and O–H groups in total. The number of piperidine rings is 1. The lowest BCUT2D eigenvalue weighted by Crippen LogP contribution is -2.46. The molecule has 1 saturated heterocycles. The van der Waals surface area contributed by atoms with Gasteiger partial charge in [-0.25, -0.2) is 9.07 Å². The number of anilines is 1. The largest absolute Gasteiger partial charge is 0.341 e. The van der Waals surface area contributed by atoms with Crippen molar-refractivity contribution in [1.82, 2.24) is 14.7 Å². The SMILES string of the molecule is Cc1cccc(-n2nc(-c3ccccc3)c3c2N(CC(=O)N2CCC(C)CC2)C(=O)CSC3c2cccc(F)c2)c1. The number of aryl methyl sites for hydroxylation is 1. The van der Waals surface area contributed by atoms with Gasteiger partial charge in [0.2, 0.25) is 11.8 Å². The van der Waals surface area contributed by atoms with Gasteiger partial charge >= 0.3 is 0 Å². The number of hydrogen-bond acceptors (Lipinski definition) is 4. The summed E-state index contributed by atoms with van der Waals surface area (Å²) in [5.74, 6) is 0.745. The molecule has 1 aromatic heterocycles. The molecular weight excluding hydrogens is 535 g/mol. The second-order valence-electron chi connectivity index (χ2n) is 11.0. The molecule has 6 rings (SSSR count). The first kappa shape index (κ1) is 27.3. The Labute approximate surface area is 244 Å². The molecule has 1 atom stereocenters. The first-order valence-corrected chi connectivity index (χ1v) is 15.1. The molecule has 0 spiro atoms. The van der Waals surface area contributed by atoms with Crippen molar-refractivity contribution >= 4 is 29.4 Å². The number of benzene rings is 3.